The van der Waals surface area contributed by atoms with Crippen LogP contribution in [0.3, 0.4) is 0 Å². The quantitative estimate of drug-likeness (QED) is 0.296. The van der Waals surface area contributed by atoms with E-state index in [1.807, 2.05) is 20.8 Å². The van der Waals surface area contributed by atoms with Crippen LogP contribution in [0, 0.1) is 5.92 Å². The molecule has 1 atom stereocenters. The van der Waals surface area contributed by atoms with Crippen LogP contribution < -0.4 is 0 Å². The Bertz CT molecular complexity index is 632. The predicted octanol–water partition coefficient (Wildman–Crippen LogP) is 4.60. The molecule has 1 saturated carbocycles. The van der Waals surface area contributed by atoms with Gasteiger partial charge in [-0.2, -0.15) is 0 Å². The number of nitrogens with zero attached hydrogens (tertiary/aromatic N) is 2. The summed E-state index contributed by atoms with van der Waals surface area (Å²) < 4.78 is 12.1. The van der Waals surface area contributed by atoms with Gasteiger partial charge in [0.05, 0.1) is 19.8 Å². The molecule has 8 heteroatoms. The molecule has 0 heterocycles. The van der Waals surface area contributed by atoms with Crippen LogP contribution >= 0.6 is 0 Å². The maximum absolute atomic E-state index is 13.1. The van der Waals surface area contributed by atoms with Gasteiger partial charge in [-0.15, -0.1) is 0 Å². The topological polar surface area (TPSA) is 68.3 Å². The molecule has 0 bridgehead atoms. The van der Waals surface area contributed by atoms with Crippen LogP contribution in [0.5, 0.6) is 0 Å². The number of hydrogen-bond donors (Lipinski definition) is 0. The number of ether oxygens (including phenoxy) is 1. The molecule has 0 saturated heterocycles. The Labute approximate surface area is 183 Å². The summed E-state index contributed by atoms with van der Waals surface area (Å²) in [6.07, 6.45) is 1.54. The molecule has 0 aromatic rings. The summed E-state index contributed by atoms with van der Waals surface area (Å²) >= 11 is 0. The minimum atomic E-state index is -2.06. The van der Waals surface area contributed by atoms with E-state index in [0.717, 1.165) is 23.5 Å². The largest absolute Gasteiger partial charge is 0.444 e. The number of carbonyl (C=O) groups is 2. The molecule has 2 amide bonds. The van der Waals surface area contributed by atoms with Crippen molar-refractivity contribution in [3.05, 3.63) is 12.2 Å². The van der Waals surface area contributed by atoms with Crippen molar-refractivity contribution >= 4 is 20.3 Å². The molecule has 1 rings (SSSR count). The van der Waals surface area contributed by atoms with Crippen LogP contribution in [0.25, 0.3) is 0 Å². The number of hydroxylamine groups is 2. The molecule has 1 aliphatic rings. The Hall–Kier alpha value is -1.38. The monoisotopic (exact) mass is 442 g/mol. The summed E-state index contributed by atoms with van der Waals surface area (Å²) in [6.45, 7) is 20.7. The summed E-state index contributed by atoms with van der Waals surface area (Å²) in [4.78, 5) is 32.2. The molecule has 0 spiro atoms. The van der Waals surface area contributed by atoms with E-state index in [9.17, 15) is 9.59 Å². The normalized spacial score (nSPS) is 16.1. The molecule has 1 fully saturated rings. The van der Waals surface area contributed by atoms with E-state index >= 15 is 0 Å². The van der Waals surface area contributed by atoms with Gasteiger partial charge in [0, 0.05) is 7.05 Å². The molecule has 30 heavy (non-hydrogen) atoms. The summed E-state index contributed by atoms with van der Waals surface area (Å²) in [7, 11) is 0.870. The fourth-order valence-electron chi connectivity index (χ4n) is 2.60. The highest BCUT2D eigenvalue weighted by Crippen LogP contribution is 2.40. The fourth-order valence-corrected chi connectivity index (χ4v) is 3.60. The van der Waals surface area contributed by atoms with Crippen molar-refractivity contribution in [1.29, 1.82) is 0 Å². The Morgan fingerprint density at radius 1 is 1.13 bits per heavy atom. The number of carbonyl (C=O) groups excluding carboxylic acids is 2. The Balaban J connectivity index is 3.20. The molecule has 7 nitrogen and oxygen atoms in total. The maximum Gasteiger partial charge on any atom is 0.411 e. The lowest BCUT2D eigenvalue weighted by molar-refractivity contribution is -0.170. The van der Waals surface area contributed by atoms with Crippen LogP contribution in [0.4, 0.5) is 4.79 Å². The summed E-state index contributed by atoms with van der Waals surface area (Å²) in [5.74, 6) is 0.00231. The lowest BCUT2D eigenvalue weighted by atomic mass is 10.0. The van der Waals surface area contributed by atoms with Crippen molar-refractivity contribution in [2.45, 2.75) is 84.2 Å². The minimum absolute atomic E-state index is 0.0291. The standard InChI is InChI=1S/C22H42N2O5Si/c1-16(17-12-13-17)18(15-28-30(10,11)22(5,6)7)24(14-19(25)23(8)27-9)20(26)29-21(2,3)4/h17-18H,1,12-15H2,2-11H3/t18-/m1/s1. The maximum atomic E-state index is 13.1. The molecule has 0 aromatic heterocycles. The number of likely N-dealkylation sites (N-methyl/N-ethyl adjacent to an activating group) is 1. The zero-order chi connectivity index (χ0) is 23.5. The van der Waals surface area contributed by atoms with E-state index < -0.39 is 26.1 Å². The molecule has 0 radical (unpaired) electrons. The highest BCUT2D eigenvalue weighted by Gasteiger charge is 2.42. The van der Waals surface area contributed by atoms with E-state index in [0.29, 0.717) is 12.5 Å². The molecular weight excluding hydrogens is 400 g/mol. The third kappa shape index (κ3) is 7.70. The van der Waals surface area contributed by atoms with Gasteiger partial charge in [-0.1, -0.05) is 27.4 Å². The molecule has 0 aliphatic heterocycles. The molecule has 0 N–H and O–H groups in total. The van der Waals surface area contributed by atoms with Gasteiger partial charge in [-0.25, -0.2) is 9.86 Å². The van der Waals surface area contributed by atoms with Gasteiger partial charge in [-0.05, 0) is 63.2 Å². The average Bonchev–Trinajstić information content (AvgIpc) is 3.41. The smallest absolute Gasteiger partial charge is 0.411 e. The molecule has 0 aromatic carbocycles. The third-order valence-electron chi connectivity index (χ3n) is 5.87. The average molecular weight is 443 g/mol. The molecule has 0 unspecified atom stereocenters. The first-order valence-corrected chi connectivity index (χ1v) is 13.5. The van der Waals surface area contributed by atoms with E-state index in [4.69, 9.17) is 14.0 Å². The summed E-state index contributed by atoms with van der Waals surface area (Å²) in [5, 5.41) is 1.14. The van der Waals surface area contributed by atoms with Crippen molar-refractivity contribution < 1.29 is 23.6 Å². The minimum Gasteiger partial charge on any atom is -0.444 e. The second-order valence-electron chi connectivity index (χ2n) is 10.6. The van der Waals surface area contributed by atoms with Crippen molar-refractivity contribution in [3.8, 4) is 0 Å². The molecule has 174 valence electrons. The zero-order valence-corrected chi connectivity index (χ0v) is 21.6. The molecular formula is C22H42N2O5Si. The van der Waals surface area contributed by atoms with E-state index in [1.54, 1.807) is 0 Å². The fraction of sp³-hybridized carbons (Fsp3) is 0.818. The van der Waals surface area contributed by atoms with E-state index in [1.165, 1.54) is 19.1 Å². The Morgan fingerprint density at radius 2 is 1.67 bits per heavy atom. The van der Waals surface area contributed by atoms with Gasteiger partial charge < -0.3 is 9.16 Å². The van der Waals surface area contributed by atoms with Crippen molar-refractivity contribution in [2.75, 3.05) is 27.3 Å². The van der Waals surface area contributed by atoms with Gasteiger partial charge >= 0.3 is 6.09 Å². The second kappa shape index (κ2) is 9.83. The van der Waals surface area contributed by atoms with Crippen molar-refractivity contribution in [2.24, 2.45) is 5.92 Å². The van der Waals surface area contributed by atoms with Gasteiger partial charge in [0.1, 0.15) is 12.1 Å². The first-order chi connectivity index (χ1) is 13.5. The van der Waals surface area contributed by atoms with Crippen LogP contribution in [0.15, 0.2) is 12.2 Å². The zero-order valence-electron chi connectivity index (χ0n) is 20.6. The van der Waals surface area contributed by atoms with Gasteiger partial charge in [-0.3, -0.25) is 14.5 Å². The predicted molar refractivity (Wildman–Crippen MR) is 122 cm³/mol. The first kappa shape index (κ1) is 26.7. The van der Waals surface area contributed by atoms with Gasteiger partial charge in [0.25, 0.3) is 5.91 Å². The molecule has 1 aliphatic carbocycles. The van der Waals surface area contributed by atoms with Gasteiger partial charge in [0.15, 0.2) is 8.32 Å². The van der Waals surface area contributed by atoms with Crippen LogP contribution in [-0.2, 0) is 18.8 Å². The van der Waals surface area contributed by atoms with Crippen molar-refractivity contribution in [3.63, 3.8) is 0 Å². The number of amides is 2. The SMILES string of the molecule is C=C(C1CC1)[C@@H](CO[Si](C)(C)C(C)(C)C)N(CC(=O)N(C)OC)C(=O)OC(C)(C)C. The Morgan fingerprint density at radius 3 is 2.07 bits per heavy atom. The Kier molecular flexibility index (Phi) is 8.73. The van der Waals surface area contributed by atoms with Crippen LogP contribution in [0.2, 0.25) is 18.1 Å². The highest BCUT2D eigenvalue weighted by atomic mass is 28.4. The lowest BCUT2D eigenvalue weighted by Gasteiger charge is -2.40. The van der Waals surface area contributed by atoms with E-state index in [2.05, 4.69) is 40.4 Å². The first-order valence-electron chi connectivity index (χ1n) is 10.6. The second-order valence-corrected chi connectivity index (χ2v) is 15.4. The summed E-state index contributed by atoms with van der Waals surface area (Å²) in [6, 6.07) is -0.435. The van der Waals surface area contributed by atoms with Gasteiger partial charge in [0.2, 0.25) is 0 Å². The van der Waals surface area contributed by atoms with E-state index in [-0.39, 0.29) is 17.5 Å². The van der Waals surface area contributed by atoms with Crippen molar-refractivity contribution in [1.82, 2.24) is 9.96 Å². The number of hydrogen-bond acceptors (Lipinski definition) is 5. The third-order valence-corrected chi connectivity index (χ3v) is 10.4. The highest BCUT2D eigenvalue weighted by molar-refractivity contribution is 6.74. The lowest BCUT2D eigenvalue weighted by Crippen LogP contribution is -2.52. The van der Waals surface area contributed by atoms with Crippen LogP contribution in [-0.4, -0.2) is 69.2 Å². The summed E-state index contributed by atoms with van der Waals surface area (Å²) in [5.41, 5.74) is 0.240. The van der Waals surface area contributed by atoms with Crippen LogP contribution in [0.1, 0.15) is 54.4 Å². The number of rotatable bonds is 9.